The number of morpholine rings is 1. The molecule has 1 fully saturated rings. The molecule has 0 unspecified atom stereocenters. The summed E-state index contributed by atoms with van der Waals surface area (Å²) in [7, 11) is 1.72. The van der Waals surface area contributed by atoms with Crippen molar-refractivity contribution in [2.75, 3.05) is 31.2 Å². The van der Waals surface area contributed by atoms with Gasteiger partial charge in [0.1, 0.15) is 18.3 Å². The van der Waals surface area contributed by atoms with Crippen LogP contribution >= 0.6 is 0 Å². The third-order valence-corrected chi connectivity index (χ3v) is 5.18. The van der Waals surface area contributed by atoms with Crippen molar-refractivity contribution in [3.8, 4) is 0 Å². The predicted octanol–water partition coefficient (Wildman–Crippen LogP) is 0.844. The van der Waals surface area contributed by atoms with E-state index in [4.69, 9.17) is 4.74 Å². The summed E-state index contributed by atoms with van der Waals surface area (Å²) in [4.78, 5) is 31.5. The lowest BCUT2D eigenvalue weighted by molar-refractivity contribution is -0.122. The highest BCUT2D eigenvalue weighted by Gasteiger charge is 2.15. The van der Waals surface area contributed by atoms with Crippen LogP contribution in [0.1, 0.15) is 18.5 Å². The van der Waals surface area contributed by atoms with Crippen LogP contribution in [0.4, 0.5) is 5.69 Å². The first-order valence-corrected chi connectivity index (χ1v) is 9.62. The minimum absolute atomic E-state index is 0.0904. The number of fused-ring (bicyclic) bond motifs is 1. The van der Waals surface area contributed by atoms with Crippen molar-refractivity contribution >= 4 is 22.6 Å². The molecular formula is C20H24N6O3. The number of ether oxygens (including phenoxy) is 1. The van der Waals surface area contributed by atoms with Gasteiger partial charge in [0.15, 0.2) is 5.65 Å². The van der Waals surface area contributed by atoms with Gasteiger partial charge in [-0.15, -0.1) is 0 Å². The van der Waals surface area contributed by atoms with Gasteiger partial charge in [0.25, 0.3) is 5.56 Å². The second-order valence-electron chi connectivity index (χ2n) is 7.16. The van der Waals surface area contributed by atoms with Crippen molar-refractivity contribution in [3.63, 3.8) is 0 Å². The Labute approximate surface area is 167 Å². The molecule has 1 aliphatic heterocycles. The quantitative estimate of drug-likeness (QED) is 0.687. The maximum absolute atomic E-state index is 12.5. The van der Waals surface area contributed by atoms with E-state index in [0.717, 1.165) is 37.6 Å². The zero-order chi connectivity index (χ0) is 20.4. The summed E-state index contributed by atoms with van der Waals surface area (Å²) >= 11 is 0. The maximum atomic E-state index is 12.5. The molecule has 3 heterocycles. The van der Waals surface area contributed by atoms with Crippen molar-refractivity contribution < 1.29 is 9.53 Å². The third-order valence-electron chi connectivity index (χ3n) is 5.18. The lowest BCUT2D eigenvalue weighted by Gasteiger charge is -2.29. The van der Waals surface area contributed by atoms with Gasteiger partial charge in [-0.3, -0.25) is 18.8 Å². The van der Waals surface area contributed by atoms with Gasteiger partial charge in [-0.05, 0) is 24.6 Å². The summed E-state index contributed by atoms with van der Waals surface area (Å²) in [6.07, 6.45) is 2.85. The number of nitrogens with one attached hydrogen (secondary N) is 1. The van der Waals surface area contributed by atoms with Gasteiger partial charge >= 0.3 is 0 Å². The largest absolute Gasteiger partial charge is 0.378 e. The second-order valence-corrected chi connectivity index (χ2v) is 7.16. The van der Waals surface area contributed by atoms with Crippen LogP contribution in [0, 0.1) is 0 Å². The van der Waals surface area contributed by atoms with Crippen LogP contribution in [0.15, 0.2) is 41.6 Å². The van der Waals surface area contributed by atoms with E-state index in [1.165, 1.54) is 21.8 Å². The molecule has 9 heteroatoms. The first-order chi connectivity index (χ1) is 14.0. The van der Waals surface area contributed by atoms with Crippen molar-refractivity contribution in [2.24, 2.45) is 7.05 Å². The molecule has 1 amide bonds. The van der Waals surface area contributed by atoms with Crippen LogP contribution in [-0.4, -0.2) is 51.5 Å². The molecule has 29 heavy (non-hydrogen) atoms. The van der Waals surface area contributed by atoms with E-state index in [1.54, 1.807) is 7.05 Å². The van der Waals surface area contributed by atoms with Crippen LogP contribution in [0.25, 0.3) is 11.0 Å². The minimum atomic E-state index is -0.277. The van der Waals surface area contributed by atoms with Crippen molar-refractivity contribution in [2.45, 2.75) is 19.5 Å². The molecule has 1 N–H and O–H groups in total. The van der Waals surface area contributed by atoms with Gasteiger partial charge < -0.3 is 15.0 Å². The van der Waals surface area contributed by atoms with E-state index in [-0.39, 0.29) is 24.1 Å². The van der Waals surface area contributed by atoms with E-state index < -0.39 is 0 Å². The Morgan fingerprint density at radius 3 is 2.69 bits per heavy atom. The van der Waals surface area contributed by atoms with Crippen LogP contribution in [0.2, 0.25) is 0 Å². The molecular weight excluding hydrogens is 372 g/mol. The van der Waals surface area contributed by atoms with E-state index in [0.29, 0.717) is 11.0 Å². The number of benzene rings is 1. The van der Waals surface area contributed by atoms with Gasteiger partial charge in [-0.1, -0.05) is 12.1 Å². The highest BCUT2D eigenvalue weighted by atomic mass is 16.5. The van der Waals surface area contributed by atoms with Crippen LogP contribution in [0.3, 0.4) is 0 Å². The van der Waals surface area contributed by atoms with Crippen molar-refractivity contribution in [1.29, 1.82) is 0 Å². The Kier molecular flexibility index (Phi) is 5.30. The Morgan fingerprint density at radius 1 is 1.24 bits per heavy atom. The van der Waals surface area contributed by atoms with Gasteiger partial charge in [-0.2, -0.15) is 5.10 Å². The summed E-state index contributed by atoms with van der Waals surface area (Å²) in [6, 6.07) is 7.99. The summed E-state index contributed by atoms with van der Waals surface area (Å²) in [5.74, 6) is -0.248. The fourth-order valence-electron chi connectivity index (χ4n) is 3.50. The molecule has 1 atom stereocenters. The lowest BCUT2D eigenvalue weighted by Crippen LogP contribution is -2.36. The molecule has 152 valence electrons. The first kappa shape index (κ1) is 19.1. The van der Waals surface area contributed by atoms with E-state index in [9.17, 15) is 9.59 Å². The number of aryl methyl sites for hydroxylation is 1. The fraction of sp³-hybridized carbons (Fsp3) is 0.400. The molecule has 0 bridgehead atoms. The van der Waals surface area contributed by atoms with E-state index in [2.05, 4.69) is 32.4 Å². The van der Waals surface area contributed by atoms with E-state index >= 15 is 0 Å². The van der Waals surface area contributed by atoms with Gasteiger partial charge in [0.2, 0.25) is 5.91 Å². The monoisotopic (exact) mass is 396 g/mol. The molecule has 0 radical (unpaired) electrons. The standard InChI is InChI=1S/C20H24N6O3/c1-14(15-3-5-16(6-4-15)25-7-9-29-10-8-25)23-18(27)12-26-13-21-19-17(20(26)28)11-22-24(19)2/h3-6,11,13-14H,7-10,12H2,1-2H3,(H,23,27)/t14-/m0/s1. The van der Waals surface area contributed by atoms with Gasteiger partial charge in [0.05, 0.1) is 25.5 Å². The molecule has 4 rings (SSSR count). The predicted molar refractivity (Wildman–Crippen MR) is 109 cm³/mol. The van der Waals surface area contributed by atoms with E-state index in [1.807, 2.05) is 19.1 Å². The third kappa shape index (κ3) is 4.00. The number of rotatable bonds is 5. The SMILES string of the molecule is C[C@H](NC(=O)Cn1cnc2c(cnn2C)c1=O)c1ccc(N2CCOCC2)cc1. The highest BCUT2D eigenvalue weighted by Crippen LogP contribution is 2.20. The summed E-state index contributed by atoms with van der Waals surface area (Å²) in [5.41, 5.74) is 2.38. The molecule has 0 aliphatic carbocycles. The van der Waals surface area contributed by atoms with Crippen LogP contribution in [0.5, 0.6) is 0 Å². The van der Waals surface area contributed by atoms with Crippen LogP contribution < -0.4 is 15.8 Å². The number of nitrogens with zero attached hydrogens (tertiary/aromatic N) is 5. The van der Waals surface area contributed by atoms with Crippen molar-refractivity contribution in [1.82, 2.24) is 24.6 Å². The number of hydrogen-bond donors (Lipinski definition) is 1. The summed E-state index contributed by atoms with van der Waals surface area (Å²) in [5, 5.41) is 7.38. The average Bonchev–Trinajstić information content (AvgIpc) is 3.12. The molecule has 1 saturated heterocycles. The smallest absolute Gasteiger partial charge is 0.264 e. The number of carbonyl (C=O) groups excluding carboxylic acids is 1. The molecule has 0 saturated carbocycles. The topological polar surface area (TPSA) is 94.3 Å². The molecule has 1 aromatic carbocycles. The van der Waals surface area contributed by atoms with Crippen molar-refractivity contribution in [3.05, 3.63) is 52.7 Å². The van der Waals surface area contributed by atoms with Gasteiger partial charge in [-0.25, -0.2) is 4.98 Å². The minimum Gasteiger partial charge on any atom is -0.378 e. The normalized spacial score (nSPS) is 15.4. The summed E-state index contributed by atoms with van der Waals surface area (Å²) < 4.78 is 8.22. The molecule has 0 spiro atoms. The first-order valence-electron chi connectivity index (χ1n) is 9.62. The Bertz CT molecular complexity index is 1070. The maximum Gasteiger partial charge on any atom is 0.264 e. The molecule has 3 aromatic rings. The van der Waals surface area contributed by atoms with Gasteiger partial charge in [0, 0.05) is 25.8 Å². The fourth-order valence-corrected chi connectivity index (χ4v) is 3.50. The molecule has 1 aliphatic rings. The highest BCUT2D eigenvalue weighted by molar-refractivity contribution is 5.77. The second kappa shape index (κ2) is 8.04. The molecule has 9 nitrogen and oxygen atoms in total. The average molecular weight is 396 g/mol. The Balaban J connectivity index is 1.40. The number of hydrogen-bond acceptors (Lipinski definition) is 6. The molecule has 2 aromatic heterocycles. The number of carbonyl (C=O) groups is 1. The summed E-state index contributed by atoms with van der Waals surface area (Å²) in [6.45, 7) is 5.09. The Hall–Kier alpha value is -3.20. The number of aromatic nitrogens is 4. The number of anilines is 1. The zero-order valence-corrected chi connectivity index (χ0v) is 16.5. The Morgan fingerprint density at radius 2 is 1.97 bits per heavy atom. The van der Waals surface area contributed by atoms with Crippen LogP contribution in [-0.2, 0) is 23.1 Å². The lowest BCUT2D eigenvalue weighted by atomic mass is 10.1. The zero-order valence-electron chi connectivity index (χ0n) is 16.5. The number of amides is 1.